The van der Waals surface area contributed by atoms with Gasteiger partial charge in [-0.2, -0.15) is 0 Å². The van der Waals surface area contributed by atoms with E-state index < -0.39 is 11.6 Å². The Morgan fingerprint density at radius 1 is 0.889 bits per heavy atom. The van der Waals surface area contributed by atoms with Gasteiger partial charge in [0.15, 0.2) is 16.7 Å². The largest absolute Gasteiger partial charge is 0.351 e. The van der Waals surface area contributed by atoms with Gasteiger partial charge >= 0.3 is 0 Å². The lowest BCUT2D eigenvalue weighted by Gasteiger charge is -2.34. The van der Waals surface area contributed by atoms with Gasteiger partial charge in [-0.3, -0.25) is 14.5 Å². The predicted molar refractivity (Wildman–Crippen MR) is 137 cm³/mol. The number of carbonyl (C=O) groups excluding carboxylic acids is 2. The SMILES string of the molecule is O=C(NCCN1CCN(c2nc3c(F)cc(F)cc3s2)CC1)c1ccc(C(=O)c2ccccc2)cc1. The Balaban J connectivity index is 1.09. The van der Waals surface area contributed by atoms with Crippen LogP contribution in [-0.2, 0) is 0 Å². The molecule has 1 aromatic heterocycles. The van der Waals surface area contributed by atoms with Crippen LogP contribution in [0.25, 0.3) is 10.2 Å². The van der Waals surface area contributed by atoms with Crippen LogP contribution in [-0.4, -0.2) is 60.8 Å². The van der Waals surface area contributed by atoms with E-state index in [1.54, 1.807) is 36.4 Å². The van der Waals surface area contributed by atoms with Crippen molar-refractivity contribution in [3.63, 3.8) is 0 Å². The summed E-state index contributed by atoms with van der Waals surface area (Å²) in [6.45, 7) is 4.18. The Hall–Kier alpha value is -3.69. The number of halogens is 2. The molecule has 0 radical (unpaired) electrons. The standard InChI is InChI=1S/C27H24F2N4O2S/c28-21-16-22(29)24-23(17-21)36-27(31-24)33-14-12-32(13-15-33)11-10-30-26(35)20-8-6-19(7-9-20)25(34)18-4-2-1-3-5-18/h1-9,16-17H,10-15H2,(H,30,35). The first-order chi connectivity index (χ1) is 17.5. The van der Waals surface area contributed by atoms with E-state index >= 15 is 0 Å². The van der Waals surface area contributed by atoms with Gasteiger partial charge in [0.1, 0.15) is 11.3 Å². The third-order valence-corrected chi connectivity index (χ3v) is 7.27. The van der Waals surface area contributed by atoms with Crippen molar-refractivity contribution < 1.29 is 18.4 Å². The monoisotopic (exact) mass is 506 g/mol. The molecule has 1 saturated heterocycles. The number of nitrogens with one attached hydrogen (secondary N) is 1. The van der Waals surface area contributed by atoms with Gasteiger partial charge in [-0.25, -0.2) is 13.8 Å². The summed E-state index contributed by atoms with van der Waals surface area (Å²) in [5, 5.41) is 3.62. The number of aromatic nitrogens is 1. The lowest BCUT2D eigenvalue weighted by molar-refractivity contribution is 0.0946. The molecule has 0 atom stereocenters. The number of rotatable bonds is 7. The molecule has 1 amide bonds. The van der Waals surface area contributed by atoms with E-state index in [1.165, 1.54) is 17.4 Å². The molecule has 1 N–H and O–H groups in total. The summed E-state index contributed by atoms with van der Waals surface area (Å²) < 4.78 is 27.9. The van der Waals surface area contributed by atoms with Crippen molar-refractivity contribution in [3.8, 4) is 0 Å². The lowest BCUT2D eigenvalue weighted by atomic mass is 10.0. The topological polar surface area (TPSA) is 65.5 Å². The van der Waals surface area contributed by atoms with Crippen LogP contribution in [0.2, 0.25) is 0 Å². The first-order valence-corrected chi connectivity index (χ1v) is 12.5. The quantitative estimate of drug-likeness (QED) is 0.378. The lowest BCUT2D eigenvalue weighted by Crippen LogP contribution is -2.48. The molecule has 6 nitrogen and oxygen atoms in total. The maximum atomic E-state index is 14.0. The zero-order valence-electron chi connectivity index (χ0n) is 19.4. The molecule has 4 aromatic rings. The molecule has 3 aromatic carbocycles. The van der Waals surface area contributed by atoms with E-state index in [0.717, 1.165) is 32.2 Å². The highest BCUT2D eigenvalue weighted by atomic mass is 32.1. The van der Waals surface area contributed by atoms with Crippen LogP contribution < -0.4 is 10.2 Å². The summed E-state index contributed by atoms with van der Waals surface area (Å²) >= 11 is 1.29. The molecular weight excluding hydrogens is 482 g/mol. The van der Waals surface area contributed by atoms with E-state index in [4.69, 9.17) is 0 Å². The summed E-state index contributed by atoms with van der Waals surface area (Å²) in [6, 6.07) is 17.9. The third-order valence-electron chi connectivity index (χ3n) is 6.20. The average Bonchev–Trinajstić information content (AvgIpc) is 3.34. The number of fused-ring (bicyclic) bond motifs is 1. The number of benzene rings is 3. The van der Waals surface area contributed by atoms with E-state index in [1.807, 2.05) is 18.2 Å². The van der Waals surface area contributed by atoms with Crippen LogP contribution in [0.4, 0.5) is 13.9 Å². The molecule has 9 heteroatoms. The fourth-order valence-electron chi connectivity index (χ4n) is 4.20. The fraction of sp³-hybridized carbons (Fsp3) is 0.222. The molecule has 1 aliphatic rings. The average molecular weight is 507 g/mol. The highest BCUT2D eigenvalue weighted by molar-refractivity contribution is 7.22. The number of nitrogens with zero attached hydrogens (tertiary/aromatic N) is 3. The van der Waals surface area contributed by atoms with Gasteiger partial charge in [0.05, 0.1) is 4.70 Å². The summed E-state index contributed by atoms with van der Waals surface area (Å²) in [5.74, 6) is -1.50. The molecule has 0 aliphatic carbocycles. The minimum atomic E-state index is -0.640. The third kappa shape index (κ3) is 5.27. The number of thiazole rings is 1. The van der Waals surface area contributed by atoms with E-state index in [0.29, 0.717) is 39.6 Å². The maximum absolute atomic E-state index is 14.0. The number of hydrogen-bond acceptors (Lipinski definition) is 6. The van der Waals surface area contributed by atoms with Gasteiger partial charge in [0.2, 0.25) is 0 Å². The minimum Gasteiger partial charge on any atom is -0.351 e. The Bertz CT molecular complexity index is 1380. The smallest absolute Gasteiger partial charge is 0.251 e. The van der Waals surface area contributed by atoms with Gasteiger partial charge in [0.25, 0.3) is 5.91 Å². The Morgan fingerprint density at radius 3 is 2.28 bits per heavy atom. The van der Waals surface area contributed by atoms with Crippen LogP contribution in [0, 0.1) is 11.6 Å². The van der Waals surface area contributed by atoms with Crippen molar-refractivity contribution in [3.05, 3.63) is 95.1 Å². The number of amides is 1. The van der Waals surface area contributed by atoms with Crippen LogP contribution in [0.5, 0.6) is 0 Å². The zero-order valence-corrected chi connectivity index (χ0v) is 20.2. The summed E-state index contributed by atoms with van der Waals surface area (Å²) in [5.41, 5.74) is 1.86. The van der Waals surface area contributed by atoms with E-state index in [2.05, 4.69) is 20.1 Å². The minimum absolute atomic E-state index is 0.0788. The summed E-state index contributed by atoms with van der Waals surface area (Å²) in [6.07, 6.45) is 0. The van der Waals surface area contributed by atoms with Gasteiger partial charge in [-0.05, 0) is 18.2 Å². The normalized spacial score (nSPS) is 14.2. The predicted octanol–water partition coefficient (Wildman–Crippen LogP) is 4.36. The maximum Gasteiger partial charge on any atom is 0.251 e. The summed E-state index contributed by atoms with van der Waals surface area (Å²) in [4.78, 5) is 33.7. The van der Waals surface area contributed by atoms with Crippen molar-refractivity contribution in [1.29, 1.82) is 0 Å². The van der Waals surface area contributed by atoms with Crippen molar-refractivity contribution in [2.24, 2.45) is 0 Å². The van der Waals surface area contributed by atoms with Gasteiger partial charge in [-0.15, -0.1) is 0 Å². The number of anilines is 1. The van der Waals surface area contributed by atoms with Crippen LogP contribution in [0.3, 0.4) is 0 Å². The molecule has 0 saturated carbocycles. The van der Waals surface area contributed by atoms with Gasteiger partial charge < -0.3 is 10.2 Å². The highest BCUT2D eigenvalue weighted by Crippen LogP contribution is 2.31. The zero-order chi connectivity index (χ0) is 25.1. The Kier molecular flexibility index (Phi) is 7.02. The first-order valence-electron chi connectivity index (χ1n) is 11.7. The van der Waals surface area contributed by atoms with Crippen molar-refractivity contribution >= 4 is 38.4 Å². The Morgan fingerprint density at radius 2 is 1.56 bits per heavy atom. The molecule has 2 heterocycles. The molecule has 184 valence electrons. The second-order valence-corrected chi connectivity index (χ2v) is 9.60. The molecule has 5 rings (SSSR count). The van der Waals surface area contributed by atoms with Crippen LogP contribution in [0.1, 0.15) is 26.3 Å². The molecule has 36 heavy (non-hydrogen) atoms. The molecule has 1 fully saturated rings. The van der Waals surface area contributed by atoms with Crippen LogP contribution >= 0.6 is 11.3 Å². The molecule has 0 unspecified atom stereocenters. The van der Waals surface area contributed by atoms with Gasteiger partial charge in [0, 0.05) is 62.0 Å². The number of ketones is 1. The van der Waals surface area contributed by atoms with Crippen molar-refractivity contribution in [2.45, 2.75) is 0 Å². The summed E-state index contributed by atoms with van der Waals surface area (Å²) in [7, 11) is 0. The molecular formula is C27H24F2N4O2S. The number of carbonyl (C=O) groups is 2. The highest BCUT2D eigenvalue weighted by Gasteiger charge is 2.21. The molecule has 0 bridgehead atoms. The van der Waals surface area contributed by atoms with Crippen molar-refractivity contribution in [1.82, 2.24) is 15.2 Å². The molecule has 1 aliphatic heterocycles. The number of piperazine rings is 1. The second kappa shape index (κ2) is 10.5. The van der Waals surface area contributed by atoms with Crippen LogP contribution in [0.15, 0.2) is 66.7 Å². The first kappa shape index (κ1) is 24.0. The van der Waals surface area contributed by atoms with Gasteiger partial charge in [-0.1, -0.05) is 53.8 Å². The van der Waals surface area contributed by atoms with Crippen molar-refractivity contribution in [2.75, 3.05) is 44.2 Å². The Labute approximate surface area is 211 Å². The fourth-order valence-corrected chi connectivity index (χ4v) is 5.26. The second-order valence-electron chi connectivity index (χ2n) is 8.59. The van der Waals surface area contributed by atoms with E-state index in [9.17, 15) is 18.4 Å². The number of hydrogen-bond donors (Lipinski definition) is 1. The molecule has 0 spiro atoms. The van der Waals surface area contributed by atoms with E-state index in [-0.39, 0.29) is 17.2 Å².